The van der Waals surface area contributed by atoms with E-state index in [4.69, 9.17) is 0 Å². The fraction of sp³-hybridized carbons (Fsp3) is 0.360. The highest BCUT2D eigenvalue weighted by Gasteiger charge is 2.46. The van der Waals surface area contributed by atoms with E-state index in [0.29, 0.717) is 42.0 Å². The van der Waals surface area contributed by atoms with E-state index in [2.05, 4.69) is 15.0 Å². The lowest BCUT2D eigenvalue weighted by Gasteiger charge is -2.29. The number of nitrogens with one attached hydrogen (secondary N) is 1. The highest BCUT2D eigenvalue weighted by Crippen LogP contribution is 2.57. The summed E-state index contributed by atoms with van der Waals surface area (Å²) >= 11 is 0. The van der Waals surface area contributed by atoms with Crippen molar-refractivity contribution in [2.45, 2.75) is 38.0 Å². The second-order valence-corrected chi connectivity index (χ2v) is 9.26. The number of aryl methyl sites for hydroxylation is 1. The molecule has 2 aromatic carbocycles. The number of rotatable bonds is 4. The Morgan fingerprint density at radius 3 is 2.62 bits per heavy atom. The predicted molar refractivity (Wildman–Crippen MR) is 113 cm³/mol. The van der Waals surface area contributed by atoms with E-state index in [0.717, 1.165) is 36.6 Å². The SMILES string of the molecule is Fc1ccc2nccc(C3CC4CC3CC4CCc3nc4c(F)c(F)cc(F)c4[nH]3)c2c1. The maximum absolute atomic E-state index is 13.9. The lowest BCUT2D eigenvalue weighted by atomic mass is 9.76. The van der Waals surface area contributed by atoms with E-state index in [1.165, 1.54) is 11.6 Å². The van der Waals surface area contributed by atoms with E-state index < -0.39 is 17.5 Å². The Morgan fingerprint density at radius 2 is 1.81 bits per heavy atom. The van der Waals surface area contributed by atoms with Gasteiger partial charge < -0.3 is 4.98 Å². The number of hydrogen-bond donors (Lipinski definition) is 1. The van der Waals surface area contributed by atoms with Crippen LogP contribution in [0.25, 0.3) is 21.9 Å². The normalized spacial score (nSPS) is 24.8. The van der Waals surface area contributed by atoms with E-state index >= 15 is 0 Å². The maximum Gasteiger partial charge on any atom is 0.186 e. The highest BCUT2D eigenvalue weighted by atomic mass is 19.2. The van der Waals surface area contributed by atoms with Crippen molar-refractivity contribution in [2.75, 3.05) is 0 Å². The van der Waals surface area contributed by atoms with Gasteiger partial charge in [-0.2, -0.15) is 0 Å². The Bertz CT molecular complexity index is 1350. The van der Waals surface area contributed by atoms with Crippen molar-refractivity contribution in [3.63, 3.8) is 0 Å². The zero-order chi connectivity index (χ0) is 22.0. The molecule has 2 fully saturated rings. The second-order valence-electron chi connectivity index (χ2n) is 9.26. The summed E-state index contributed by atoms with van der Waals surface area (Å²) in [6.45, 7) is 0. The Balaban J connectivity index is 1.18. The molecule has 4 aromatic rings. The zero-order valence-electron chi connectivity index (χ0n) is 17.2. The summed E-state index contributed by atoms with van der Waals surface area (Å²) in [5.74, 6) is -0.910. The summed E-state index contributed by atoms with van der Waals surface area (Å²) in [7, 11) is 0. The minimum absolute atomic E-state index is 0.0799. The number of imidazole rings is 1. The van der Waals surface area contributed by atoms with Crippen LogP contribution in [0.15, 0.2) is 36.5 Å². The molecule has 1 N–H and O–H groups in total. The molecule has 2 aliphatic carbocycles. The molecule has 0 amide bonds. The van der Waals surface area contributed by atoms with Crippen LogP contribution in [0.5, 0.6) is 0 Å². The molecule has 0 saturated heterocycles. The van der Waals surface area contributed by atoms with Crippen LogP contribution in [0.1, 0.15) is 43.0 Å². The lowest BCUT2D eigenvalue weighted by molar-refractivity contribution is 0.289. The third-order valence-corrected chi connectivity index (χ3v) is 7.55. The molecule has 2 bridgehead atoms. The molecule has 3 nitrogen and oxygen atoms in total. The van der Waals surface area contributed by atoms with Crippen molar-refractivity contribution in [1.82, 2.24) is 15.0 Å². The molecule has 2 heterocycles. The second kappa shape index (κ2) is 7.29. The molecule has 7 heteroatoms. The van der Waals surface area contributed by atoms with Crippen molar-refractivity contribution < 1.29 is 17.6 Å². The van der Waals surface area contributed by atoms with Gasteiger partial charge in [0.1, 0.15) is 22.7 Å². The zero-order valence-corrected chi connectivity index (χ0v) is 17.2. The molecule has 2 aromatic heterocycles. The summed E-state index contributed by atoms with van der Waals surface area (Å²) in [6, 6.07) is 7.34. The van der Waals surface area contributed by atoms with Gasteiger partial charge >= 0.3 is 0 Å². The van der Waals surface area contributed by atoms with Crippen LogP contribution >= 0.6 is 0 Å². The number of aromatic amines is 1. The molecule has 6 rings (SSSR count). The Hall–Kier alpha value is -2.96. The average molecular weight is 439 g/mol. The number of H-pyrrole nitrogens is 1. The fourth-order valence-corrected chi connectivity index (χ4v) is 6.15. The van der Waals surface area contributed by atoms with Gasteiger partial charge in [-0.15, -0.1) is 0 Å². The van der Waals surface area contributed by atoms with Gasteiger partial charge in [-0.05, 0) is 79.2 Å². The number of halogens is 4. The minimum Gasteiger partial charge on any atom is -0.339 e. The topological polar surface area (TPSA) is 41.6 Å². The van der Waals surface area contributed by atoms with Crippen molar-refractivity contribution >= 4 is 21.9 Å². The van der Waals surface area contributed by atoms with Crippen molar-refractivity contribution in [3.8, 4) is 0 Å². The molecule has 0 spiro atoms. The number of benzene rings is 2. The molecular formula is C25H21F4N3. The van der Waals surface area contributed by atoms with Crippen LogP contribution in [0.2, 0.25) is 0 Å². The van der Waals surface area contributed by atoms with Crippen molar-refractivity contribution in [1.29, 1.82) is 0 Å². The van der Waals surface area contributed by atoms with Crippen molar-refractivity contribution in [3.05, 3.63) is 71.2 Å². The van der Waals surface area contributed by atoms with E-state index in [1.807, 2.05) is 12.3 Å². The summed E-state index contributed by atoms with van der Waals surface area (Å²) < 4.78 is 55.2. The first-order valence-corrected chi connectivity index (χ1v) is 11.0. The molecule has 0 radical (unpaired) electrons. The van der Waals surface area contributed by atoms with Crippen LogP contribution in [-0.4, -0.2) is 15.0 Å². The first-order valence-electron chi connectivity index (χ1n) is 11.0. The van der Waals surface area contributed by atoms with Gasteiger partial charge in [0, 0.05) is 24.1 Å². The predicted octanol–water partition coefficient (Wildman–Crippen LogP) is 6.43. The fourth-order valence-electron chi connectivity index (χ4n) is 6.15. The average Bonchev–Trinajstić information content (AvgIpc) is 3.50. The molecule has 4 unspecified atom stereocenters. The number of pyridine rings is 1. The van der Waals surface area contributed by atoms with E-state index in [9.17, 15) is 17.6 Å². The van der Waals surface area contributed by atoms with E-state index in [-0.39, 0.29) is 16.9 Å². The van der Waals surface area contributed by atoms with Gasteiger partial charge in [0.15, 0.2) is 17.5 Å². The number of aromatic nitrogens is 3. The molecule has 0 aliphatic heterocycles. The van der Waals surface area contributed by atoms with Crippen LogP contribution in [0.3, 0.4) is 0 Å². The summed E-state index contributed by atoms with van der Waals surface area (Å²) in [6.07, 6.45) is 6.51. The van der Waals surface area contributed by atoms with Crippen LogP contribution in [0, 0.1) is 41.0 Å². The third kappa shape index (κ3) is 3.09. The molecule has 164 valence electrons. The Labute approximate surface area is 181 Å². The summed E-state index contributed by atoms with van der Waals surface area (Å²) in [5.41, 5.74) is 1.65. The molecule has 2 aliphatic rings. The first kappa shape index (κ1) is 19.7. The highest BCUT2D eigenvalue weighted by molar-refractivity contribution is 5.82. The Kier molecular flexibility index (Phi) is 4.49. The summed E-state index contributed by atoms with van der Waals surface area (Å²) in [5, 5.41) is 0.903. The van der Waals surface area contributed by atoms with Crippen LogP contribution in [0.4, 0.5) is 17.6 Å². The maximum atomic E-state index is 13.9. The summed E-state index contributed by atoms with van der Waals surface area (Å²) in [4.78, 5) is 11.3. The number of hydrogen-bond acceptors (Lipinski definition) is 2. The van der Waals surface area contributed by atoms with Crippen LogP contribution < -0.4 is 0 Å². The first-order chi connectivity index (χ1) is 15.5. The van der Waals surface area contributed by atoms with Gasteiger partial charge in [0.25, 0.3) is 0 Å². The van der Waals surface area contributed by atoms with E-state index in [1.54, 1.807) is 12.1 Å². The smallest absolute Gasteiger partial charge is 0.186 e. The van der Waals surface area contributed by atoms with Crippen LogP contribution in [-0.2, 0) is 6.42 Å². The third-order valence-electron chi connectivity index (χ3n) is 7.55. The molecule has 4 atom stereocenters. The van der Waals surface area contributed by atoms with Crippen molar-refractivity contribution in [2.24, 2.45) is 17.8 Å². The Morgan fingerprint density at radius 1 is 0.938 bits per heavy atom. The van der Waals surface area contributed by atoms with Gasteiger partial charge in [0.2, 0.25) is 0 Å². The quantitative estimate of drug-likeness (QED) is 0.294. The molecule has 2 saturated carbocycles. The number of nitrogens with zero attached hydrogens (tertiary/aromatic N) is 2. The molecular weight excluding hydrogens is 418 g/mol. The standard InChI is InChI=1S/C25H21F4N3/c26-15-2-3-21-18(10-15)16(5-6-30-21)17-9-13-8-14(17)7-12(13)1-4-22-31-24-20(28)11-19(27)23(29)25(24)32-22/h2-3,5-6,10-14,17H,1,4,7-9H2,(H,31,32). The van der Waals surface area contributed by atoms with Gasteiger partial charge in [0.05, 0.1) is 5.52 Å². The van der Waals surface area contributed by atoms with Gasteiger partial charge in [-0.3, -0.25) is 4.98 Å². The largest absolute Gasteiger partial charge is 0.339 e. The number of fused-ring (bicyclic) bond motifs is 4. The monoisotopic (exact) mass is 439 g/mol. The van der Waals surface area contributed by atoms with Gasteiger partial charge in [-0.25, -0.2) is 22.5 Å². The van der Waals surface area contributed by atoms with Gasteiger partial charge in [-0.1, -0.05) is 0 Å². The minimum atomic E-state index is -1.23. The molecule has 32 heavy (non-hydrogen) atoms. The lowest BCUT2D eigenvalue weighted by Crippen LogP contribution is -2.17.